The Morgan fingerprint density at radius 1 is 1.30 bits per heavy atom. The van der Waals surface area contributed by atoms with Crippen molar-refractivity contribution >= 4 is 0 Å². The predicted molar refractivity (Wildman–Crippen MR) is 87.2 cm³/mol. The minimum Gasteiger partial charge on any atom is -0.312 e. The van der Waals surface area contributed by atoms with Crippen LogP contribution in [0.5, 0.6) is 0 Å². The van der Waals surface area contributed by atoms with Crippen LogP contribution in [0.2, 0.25) is 0 Å². The average molecular weight is 274 g/mol. The molecule has 0 spiro atoms. The third-order valence-corrected chi connectivity index (χ3v) is 4.35. The molecule has 0 amide bonds. The molecule has 112 valence electrons. The second kappa shape index (κ2) is 7.24. The molecule has 1 unspecified atom stereocenters. The fraction of sp³-hybridized carbons (Fsp3) is 0.667. The maximum absolute atomic E-state index is 3.53. The summed E-state index contributed by atoms with van der Waals surface area (Å²) in [6.07, 6.45) is 4.12. The van der Waals surface area contributed by atoms with Gasteiger partial charge in [-0.25, -0.2) is 0 Å². The van der Waals surface area contributed by atoms with Crippen molar-refractivity contribution in [1.82, 2.24) is 10.2 Å². The smallest absolute Gasteiger partial charge is 0.0449 e. The fourth-order valence-electron chi connectivity index (χ4n) is 2.98. The zero-order chi connectivity index (χ0) is 14.5. The minimum absolute atomic E-state index is 0.445. The van der Waals surface area contributed by atoms with Crippen LogP contribution in [0.4, 0.5) is 0 Å². The van der Waals surface area contributed by atoms with E-state index in [1.165, 1.54) is 49.0 Å². The lowest BCUT2D eigenvalue weighted by Crippen LogP contribution is -2.36. The number of likely N-dealkylation sites (N-methyl/N-ethyl adjacent to an activating group) is 1. The zero-order valence-electron chi connectivity index (χ0n) is 13.6. The van der Waals surface area contributed by atoms with E-state index in [9.17, 15) is 0 Å². The maximum Gasteiger partial charge on any atom is 0.0449 e. The van der Waals surface area contributed by atoms with E-state index < -0.39 is 0 Å². The van der Waals surface area contributed by atoms with Gasteiger partial charge in [0, 0.05) is 19.1 Å². The van der Waals surface area contributed by atoms with Crippen LogP contribution in [-0.4, -0.2) is 31.6 Å². The first-order valence-electron chi connectivity index (χ1n) is 8.10. The first-order chi connectivity index (χ1) is 9.63. The summed E-state index contributed by atoms with van der Waals surface area (Å²) < 4.78 is 0. The molecule has 1 aromatic carbocycles. The molecule has 2 rings (SSSR count). The van der Waals surface area contributed by atoms with Crippen molar-refractivity contribution in [2.24, 2.45) is 5.92 Å². The average Bonchev–Trinajstić information content (AvgIpc) is 3.23. The van der Waals surface area contributed by atoms with Crippen LogP contribution in [0.1, 0.15) is 48.9 Å². The quantitative estimate of drug-likeness (QED) is 0.778. The largest absolute Gasteiger partial charge is 0.312 e. The molecule has 0 aliphatic heterocycles. The van der Waals surface area contributed by atoms with Gasteiger partial charge in [-0.15, -0.1) is 0 Å². The van der Waals surface area contributed by atoms with Crippen molar-refractivity contribution in [3.8, 4) is 0 Å². The lowest BCUT2D eigenvalue weighted by molar-refractivity contribution is 0.237. The van der Waals surface area contributed by atoms with Crippen molar-refractivity contribution in [1.29, 1.82) is 0 Å². The molecule has 0 saturated heterocycles. The Morgan fingerprint density at radius 2 is 2.05 bits per heavy atom. The molecule has 1 aliphatic carbocycles. The van der Waals surface area contributed by atoms with Gasteiger partial charge in [-0.2, -0.15) is 0 Å². The Kier molecular flexibility index (Phi) is 5.62. The van der Waals surface area contributed by atoms with E-state index in [1.54, 1.807) is 0 Å². The monoisotopic (exact) mass is 274 g/mol. The van der Waals surface area contributed by atoms with Crippen LogP contribution < -0.4 is 5.32 Å². The Labute approximate surface area is 124 Å². The topological polar surface area (TPSA) is 15.3 Å². The van der Waals surface area contributed by atoms with E-state index >= 15 is 0 Å². The molecule has 1 N–H and O–H groups in total. The molecule has 0 bridgehead atoms. The Bertz CT molecular complexity index is 423. The third-order valence-electron chi connectivity index (χ3n) is 4.35. The van der Waals surface area contributed by atoms with Gasteiger partial charge in [0.05, 0.1) is 0 Å². The van der Waals surface area contributed by atoms with E-state index in [1.807, 2.05) is 0 Å². The number of aryl methyl sites for hydroxylation is 2. The summed E-state index contributed by atoms with van der Waals surface area (Å²) >= 11 is 0. The van der Waals surface area contributed by atoms with E-state index in [-0.39, 0.29) is 0 Å². The SMILES string of the molecule is CCCN(CC1CC1)CC(NC)c1cc(C)ccc1C. The van der Waals surface area contributed by atoms with Crippen LogP contribution in [0.15, 0.2) is 18.2 Å². The molecule has 1 saturated carbocycles. The van der Waals surface area contributed by atoms with Crippen LogP contribution in [0, 0.1) is 19.8 Å². The molecule has 1 fully saturated rings. The first-order valence-corrected chi connectivity index (χ1v) is 8.10. The van der Waals surface area contributed by atoms with Crippen molar-refractivity contribution in [3.63, 3.8) is 0 Å². The highest BCUT2D eigenvalue weighted by Crippen LogP contribution is 2.30. The van der Waals surface area contributed by atoms with Gasteiger partial charge in [0.1, 0.15) is 0 Å². The molecule has 2 heteroatoms. The molecule has 0 radical (unpaired) electrons. The normalized spacial score (nSPS) is 16.6. The molecule has 0 aromatic heterocycles. The van der Waals surface area contributed by atoms with Crippen molar-refractivity contribution in [2.45, 2.75) is 46.1 Å². The molecular weight excluding hydrogens is 244 g/mol. The van der Waals surface area contributed by atoms with Gasteiger partial charge in [-0.1, -0.05) is 30.7 Å². The summed E-state index contributed by atoms with van der Waals surface area (Å²) in [6, 6.07) is 7.25. The highest BCUT2D eigenvalue weighted by Gasteiger charge is 2.25. The number of nitrogens with zero attached hydrogens (tertiary/aromatic N) is 1. The highest BCUT2D eigenvalue weighted by molar-refractivity contribution is 5.33. The van der Waals surface area contributed by atoms with Gasteiger partial charge in [0.15, 0.2) is 0 Å². The summed E-state index contributed by atoms with van der Waals surface area (Å²) in [4.78, 5) is 2.65. The second-order valence-corrected chi connectivity index (χ2v) is 6.40. The summed E-state index contributed by atoms with van der Waals surface area (Å²) in [6.45, 7) is 10.3. The molecule has 1 aliphatic rings. The predicted octanol–water partition coefficient (Wildman–Crippen LogP) is 3.69. The summed E-state index contributed by atoms with van der Waals surface area (Å²) in [5.74, 6) is 0.970. The van der Waals surface area contributed by atoms with E-state index in [0.717, 1.165) is 12.5 Å². The lowest BCUT2D eigenvalue weighted by atomic mass is 9.98. The molecule has 0 heterocycles. The van der Waals surface area contributed by atoms with Gasteiger partial charge in [-0.3, -0.25) is 0 Å². The molecule has 2 nitrogen and oxygen atoms in total. The highest BCUT2D eigenvalue weighted by atomic mass is 15.1. The fourth-order valence-corrected chi connectivity index (χ4v) is 2.98. The van der Waals surface area contributed by atoms with Crippen molar-refractivity contribution < 1.29 is 0 Å². The van der Waals surface area contributed by atoms with Gasteiger partial charge >= 0.3 is 0 Å². The number of benzene rings is 1. The number of rotatable bonds is 8. The van der Waals surface area contributed by atoms with Crippen LogP contribution in [0.3, 0.4) is 0 Å². The van der Waals surface area contributed by atoms with Crippen LogP contribution >= 0.6 is 0 Å². The molecule has 1 atom stereocenters. The van der Waals surface area contributed by atoms with Gasteiger partial charge in [0.2, 0.25) is 0 Å². The second-order valence-electron chi connectivity index (χ2n) is 6.40. The Balaban J connectivity index is 2.06. The minimum atomic E-state index is 0.445. The zero-order valence-corrected chi connectivity index (χ0v) is 13.6. The summed E-state index contributed by atoms with van der Waals surface area (Å²) in [5, 5.41) is 3.53. The molecular formula is C18H30N2. The maximum atomic E-state index is 3.53. The Hall–Kier alpha value is -0.860. The van der Waals surface area contributed by atoms with Crippen molar-refractivity contribution in [2.75, 3.05) is 26.7 Å². The van der Waals surface area contributed by atoms with Gasteiger partial charge in [-0.05, 0) is 63.7 Å². The number of nitrogens with one attached hydrogen (secondary N) is 1. The van der Waals surface area contributed by atoms with E-state index in [4.69, 9.17) is 0 Å². The Morgan fingerprint density at radius 3 is 2.65 bits per heavy atom. The summed E-state index contributed by atoms with van der Waals surface area (Å²) in [5.41, 5.74) is 4.22. The summed E-state index contributed by atoms with van der Waals surface area (Å²) in [7, 11) is 2.09. The molecule has 1 aromatic rings. The number of hydrogen-bond acceptors (Lipinski definition) is 2. The van der Waals surface area contributed by atoms with E-state index in [2.05, 4.69) is 56.2 Å². The number of hydrogen-bond donors (Lipinski definition) is 1. The van der Waals surface area contributed by atoms with Gasteiger partial charge < -0.3 is 10.2 Å². The lowest BCUT2D eigenvalue weighted by Gasteiger charge is -2.28. The van der Waals surface area contributed by atoms with Crippen LogP contribution in [0.25, 0.3) is 0 Å². The van der Waals surface area contributed by atoms with Crippen molar-refractivity contribution in [3.05, 3.63) is 34.9 Å². The van der Waals surface area contributed by atoms with Crippen LogP contribution in [-0.2, 0) is 0 Å². The third kappa shape index (κ3) is 4.32. The first kappa shape index (κ1) is 15.5. The molecule has 20 heavy (non-hydrogen) atoms. The van der Waals surface area contributed by atoms with E-state index in [0.29, 0.717) is 6.04 Å². The van der Waals surface area contributed by atoms with Gasteiger partial charge in [0.25, 0.3) is 0 Å². The standard InChI is InChI=1S/C18H30N2/c1-5-10-20(12-16-8-9-16)13-18(19-4)17-11-14(2)6-7-15(17)3/h6-7,11,16,18-19H,5,8-10,12-13H2,1-4H3.